The zero-order valence-electron chi connectivity index (χ0n) is 13.1. The Morgan fingerprint density at radius 2 is 1.91 bits per heavy atom. The third kappa shape index (κ3) is 5.53. The van der Waals surface area contributed by atoms with Crippen LogP contribution in [0.4, 0.5) is 4.39 Å². The number of hydrazone groups is 1. The van der Waals surface area contributed by atoms with Gasteiger partial charge in [-0.3, -0.25) is 4.79 Å². The number of rotatable bonds is 6. The summed E-state index contributed by atoms with van der Waals surface area (Å²) in [5.74, 6) is 0.00771. The lowest BCUT2D eigenvalue weighted by atomic mass is 10.0. The summed E-state index contributed by atoms with van der Waals surface area (Å²) in [6.07, 6.45) is 1.59. The number of benzene rings is 2. The molecule has 120 valence electrons. The monoisotopic (exact) mass is 330 g/mol. The number of halogens is 1. The highest BCUT2D eigenvalue weighted by Crippen LogP contribution is 2.20. The lowest BCUT2D eigenvalue weighted by Crippen LogP contribution is -2.19. The van der Waals surface area contributed by atoms with Crippen LogP contribution in [0.1, 0.15) is 30.9 Å². The number of carbonyl (C=O) groups is 1. The molecule has 0 saturated carbocycles. The fraction of sp³-hybridized carbons (Fsp3) is 0.222. The van der Waals surface area contributed by atoms with Gasteiger partial charge in [0.2, 0.25) is 5.91 Å². The Hall–Kier alpha value is -2.14. The van der Waals surface area contributed by atoms with Gasteiger partial charge in [-0.2, -0.15) is 5.10 Å². The van der Waals surface area contributed by atoms with Gasteiger partial charge in [-0.25, -0.2) is 9.82 Å². The second-order valence-electron chi connectivity index (χ2n) is 5.33. The lowest BCUT2D eigenvalue weighted by molar-refractivity contribution is -0.118. The minimum absolute atomic E-state index is 0.116. The zero-order valence-corrected chi connectivity index (χ0v) is 13.9. The molecule has 0 unspecified atom stereocenters. The van der Waals surface area contributed by atoms with E-state index in [9.17, 15) is 9.18 Å². The van der Waals surface area contributed by atoms with Crippen LogP contribution in [0.5, 0.6) is 0 Å². The van der Waals surface area contributed by atoms with Gasteiger partial charge >= 0.3 is 0 Å². The molecule has 2 rings (SSSR count). The van der Waals surface area contributed by atoms with E-state index in [2.05, 4.69) is 24.4 Å². The summed E-state index contributed by atoms with van der Waals surface area (Å²) < 4.78 is 13.4. The van der Waals surface area contributed by atoms with Crippen LogP contribution in [0.3, 0.4) is 0 Å². The molecule has 0 heterocycles. The standard InChI is InChI=1S/C18H19FN2OS/c1-13(2)15-9-7-14(8-10-15)11-20-21-18(22)12-23-17-6-4-3-5-16(17)19/h3-11,13H,12H2,1-2H3,(H,21,22)/b20-11-. The molecule has 5 heteroatoms. The van der Waals surface area contributed by atoms with Crippen LogP contribution in [0.25, 0.3) is 0 Å². The van der Waals surface area contributed by atoms with Crippen LogP contribution in [-0.4, -0.2) is 17.9 Å². The summed E-state index contributed by atoms with van der Waals surface area (Å²) in [7, 11) is 0. The maximum Gasteiger partial charge on any atom is 0.250 e. The maximum atomic E-state index is 13.4. The van der Waals surface area contributed by atoms with Crippen molar-refractivity contribution < 1.29 is 9.18 Å². The molecule has 2 aromatic rings. The molecule has 0 bridgehead atoms. The molecule has 0 saturated heterocycles. The van der Waals surface area contributed by atoms with Gasteiger partial charge in [-0.1, -0.05) is 50.2 Å². The predicted octanol–water partition coefficient (Wildman–Crippen LogP) is 4.19. The van der Waals surface area contributed by atoms with E-state index in [1.807, 2.05) is 24.3 Å². The summed E-state index contributed by atoms with van der Waals surface area (Å²) in [5.41, 5.74) is 4.62. The molecule has 0 atom stereocenters. The van der Waals surface area contributed by atoms with Crippen molar-refractivity contribution in [3.63, 3.8) is 0 Å². The zero-order chi connectivity index (χ0) is 16.7. The van der Waals surface area contributed by atoms with Crippen LogP contribution in [-0.2, 0) is 4.79 Å². The molecule has 1 amide bonds. The number of hydrogen-bond acceptors (Lipinski definition) is 3. The first-order valence-electron chi connectivity index (χ1n) is 7.35. The van der Waals surface area contributed by atoms with Gasteiger partial charge in [0.25, 0.3) is 0 Å². The molecule has 0 spiro atoms. The van der Waals surface area contributed by atoms with Crippen LogP contribution in [0.15, 0.2) is 58.5 Å². The smallest absolute Gasteiger partial charge is 0.250 e. The molecule has 2 aromatic carbocycles. The van der Waals surface area contributed by atoms with Crippen molar-refractivity contribution in [3.05, 3.63) is 65.5 Å². The number of amides is 1. The van der Waals surface area contributed by atoms with Crippen molar-refractivity contribution in [2.75, 3.05) is 5.75 Å². The average Bonchev–Trinajstić information content (AvgIpc) is 2.54. The first kappa shape index (κ1) is 17.2. The number of nitrogens with one attached hydrogen (secondary N) is 1. The topological polar surface area (TPSA) is 41.5 Å². The van der Waals surface area contributed by atoms with Crippen LogP contribution in [0, 0.1) is 5.82 Å². The Morgan fingerprint density at radius 1 is 1.22 bits per heavy atom. The first-order chi connectivity index (χ1) is 11.1. The summed E-state index contributed by atoms with van der Waals surface area (Å²) in [6.45, 7) is 4.27. The van der Waals surface area contributed by atoms with Crippen molar-refractivity contribution in [2.24, 2.45) is 5.10 Å². The fourth-order valence-corrected chi connectivity index (χ4v) is 2.62. The molecule has 0 fully saturated rings. The van der Waals surface area contributed by atoms with Crippen LogP contribution < -0.4 is 5.43 Å². The van der Waals surface area contributed by atoms with Crippen molar-refractivity contribution in [2.45, 2.75) is 24.7 Å². The van der Waals surface area contributed by atoms with Gasteiger partial charge in [-0.05, 0) is 29.2 Å². The molecular weight excluding hydrogens is 311 g/mol. The van der Waals surface area contributed by atoms with Crippen molar-refractivity contribution in [3.8, 4) is 0 Å². The third-order valence-corrected chi connectivity index (χ3v) is 4.25. The van der Waals surface area contributed by atoms with E-state index in [1.54, 1.807) is 24.4 Å². The highest BCUT2D eigenvalue weighted by atomic mass is 32.2. The SMILES string of the molecule is CC(C)c1ccc(/C=N\NC(=O)CSc2ccccc2F)cc1. The summed E-state index contributed by atoms with van der Waals surface area (Å²) >= 11 is 1.15. The van der Waals surface area contributed by atoms with Crippen molar-refractivity contribution in [1.29, 1.82) is 0 Å². The van der Waals surface area contributed by atoms with E-state index in [0.29, 0.717) is 10.8 Å². The first-order valence-corrected chi connectivity index (χ1v) is 8.34. The molecule has 3 nitrogen and oxygen atoms in total. The summed E-state index contributed by atoms with van der Waals surface area (Å²) in [4.78, 5) is 12.1. The molecule has 0 aromatic heterocycles. The van der Waals surface area contributed by atoms with Gasteiger partial charge in [0, 0.05) is 4.90 Å². The molecule has 0 aliphatic rings. The van der Waals surface area contributed by atoms with Gasteiger partial charge in [0.1, 0.15) is 5.82 Å². The minimum atomic E-state index is -0.320. The van der Waals surface area contributed by atoms with E-state index in [0.717, 1.165) is 17.3 Å². The highest BCUT2D eigenvalue weighted by Gasteiger charge is 2.05. The Bertz CT molecular complexity index is 684. The Kier molecular flexibility index (Phi) is 6.35. The number of hydrogen-bond donors (Lipinski definition) is 1. The van der Waals surface area contributed by atoms with Gasteiger partial charge < -0.3 is 0 Å². The van der Waals surface area contributed by atoms with E-state index in [-0.39, 0.29) is 17.5 Å². The number of carbonyl (C=O) groups excluding carboxylic acids is 1. The molecule has 1 N–H and O–H groups in total. The molecule has 23 heavy (non-hydrogen) atoms. The van der Waals surface area contributed by atoms with E-state index in [4.69, 9.17) is 0 Å². The second-order valence-corrected chi connectivity index (χ2v) is 6.35. The number of nitrogens with zero attached hydrogens (tertiary/aromatic N) is 1. The van der Waals surface area contributed by atoms with Gasteiger partial charge in [-0.15, -0.1) is 11.8 Å². The Morgan fingerprint density at radius 3 is 2.57 bits per heavy atom. The summed E-state index contributed by atoms with van der Waals surface area (Å²) in [5, 5.41) is 3.92. The quantitative estimate of drug-likeness (QED) is 0.490. The Balaban J connectivity index is 1.80. The highest BCUT2D eigenvalue weighted by molar-refractivity contribution is 8.00. The van der Waals surface area contributed by atoms with Crippen molar-refractivity contribution in [1.82, 2.24) is 5.43 Å². The molecular formula is C18H19FN2OS. The Labute approximate surface area is 140 Å². The molecule has 0 aliphatic heterocycles. The molecule has 0 aliphatic carbocycles. The normalized spacial score (nSPS) is 11.1. The van der Waals surface area contributed by atoms with Crippen LogP contribution in [0.2, 0.25) is 0 Å². The van der Waals surface area contributed by atoms with Gasteiger partial charge in [0.05, 0.1) is 12.0 Å². The van der Waals surface area contributed by atoms with Crippen LogP contribution >= 0.6 is 11.8 Å². The predicted molar refractivity (Wildman–Crippen MR) is 93.4 cm³/mol. The second kappa shape index (κ2) is 8.48. The molecule has 0 radical (unpaired) electrons. The fourth-order valence-electron chi connectivity index (χ4n) is 1.88. The number of thioether (sulfide) groups is 1. The third-order valence-electron chi connectivity index (χ3n) is 3.20. The summed E-state index contributed by atoms with van der Waals surface area (Å²) in [6, 6.07) is 14.4. The van der Waals surface area contributed by atoms with E-state index < -0.39 is 0 Å². The van der Waals surface area contributed by atoms with E-state index >= 15 is 0 Å². The van der Waals surface area contributed by atoms with Gasteiger partial charge in [0.15, 0.2) is 0 Å². The van der Waals surface area contributed by atoms with E-state index in [1.165, 1.54) is 11.6 Å². The largest absolute Gasteiger partial charge is 0.272 e. The van der Waals surface area contributed by atoms with Crippen molar-refractivity contribution >= 4 is 23.9 Å². The lowest BCUT2D eigenvalue weighted by Gasteiger charge is -2.04. The average molecular weight is 330 g/mol. The minimum Gasteiger partial charge on any atom is -0.272 e. The maximum absolute atomic E-state index is 13.4.